The molecule has 0 fully saturated rings. The Kier molecular flexibility index (Phi) is 5.32. The quantitative estimate of drug-likeness (QED) is 0.814. The summed E-state index contributed by atoms with van der Waals surface area (Å²) in [7, 11) is 0. The molecule has 1 aromatic carbocycles. The van der Waals surface area contributed by atoms with Crippen LogP contribution in [0.4, 0.5) is 5.69 Å². The Morgan fingerprint density at radius 2 is 2.19 bits per heavy atom. The van der Waals surface area contributed by atoms with Crippen molar-refractivity contribution in [1.29, 1.82) is 0 Å². The molecule has 1 N–H and O–H groups in total. The highest BCUT2D eigenvalue weighted by Crippen LogP contribution is 2.19. The number of benzene rings is 1. The summed E-state index contributed by atoms with van der Waals surface area (Å²) in [5, 5.41) is 3.79. The van der Waals surface area contributed by atoms with Crippen molar-refractivity contribution in [3.8, 4) is 0 Å². The molecule has 0 amide bonds. The van der Waals surface area contributed by atoms with Gasteiger partial charge in [-0.2, -0.15) is 0 Å². The third kappa shape index (κ3) is 4.56. The van der Waals surface area contributed by atoms with Crippen molar-refractivity contribution >= 4 is 45.6 Å². The average molecular weight is 272 g/mol. The van der Waals surface area contributed by atoms with E-state index in [1.807, 2.05) is 6.07 Å². The van der Waals surface area contributed by atoms with Gasteiger partial charge in [-0.3, -0.25) is 0 Å². The van der Waals surface area contributed by atoms with Gasteiger partial charge in [0, 0.05) is 16.5 Å². The summed E-state index contributed by atoms with van der Waals surface area (Å²) in [6.45, 7) is 7.75. The van der Waals surface area contributed by atoms with Gasteiger partial charge in [-0.25, -0.2) is 0 Å². The smallest absolute Gasteiger partial charge is 0.138 e. The van der Waals surface area contributed by atoms with Crippen LogP contribution in [0.5, 0.6) is 0 Å². The summed E-state index contributed by atoms with van der Waals surface area (Å²) in [5.74, 6) is 0.637. The topological polar surface area (TPSA) is 12.0 Å². The highest BCUT2D eigenvalue weighted by Gasteiger charge is 2.02. The van der Waals surface area contributed by atoms with E-state index in [0.29, 0.717) is 15.1 Å². The normalized spacial score (nSPS) is 9.94. The lowest BCUT2D eigenvalue weighted by Gasteiger charge is -2.10. The fourth-order valence-corrected chi connectivity index (χ4v) is 2.16. The Labute approximate surface area is 111 Å². The molecule has 0 bridgehead atoms. The molecule has 0 spiro atoms. The number of halogens is 1. The number of hydrogen-bond acceptors (Lipinski definition) is 2. The van der Waals surface area contributed by atoms with E-state index in [-0.39, 0.29) is 0 Å². The zero-order chi connectivity index (χ0) is 12.1. The minimum Gasteiger partial charge on any atom is -0.341 e. The van der Waals surface area contributed by atoms with Crippen LogP contribution in [0, 0.1) is 13.8 Å². The van der Waals surface area contributed by atoms with Crippen molar-refractivity contribution in [3.05, 3.63) is 40.9 Å². The van der Waals surface area contributed by atoms with E-state index in [1.165, 1.54) is 22.9 Å². The summed E-state index contributed by atoms with van der Waals surface area (Å²) in [5.41, 5.74) is 3.48. The molecule has 86 valence electrons. The van der Waals surface area contributed by atoms with Crippen LogP contribution >= 0.6 is 35.6 Å². The van der Waals surface area contributed by atoms with E-state index in [9.17, 15) is 0 Å². The van der Waals surface area contributed by atoms with E-state index < -0.39 is 0 Å². The number of aryl methyl sites for hydroxylation is 2. The molecule has 0 aliphatic rings. The average Bonchev–Trinajstić information content (AvgIpc) is 2.19. The van der Waals surface area contributed by atoms with Gasteiger partial charge < -0.3 is 5.32 Å². The molecule has 1 nitrogen and oxygen atoms in total. The third-order valence-electron chi connectivity index (χ3n) is 1.98. The molecule has 1 aromatic rings. The molecule has 0 saturated carbocycles. The van der Waals surface area contributed by atoms with Crippen molar-refractivity contribution in [2.45, 2.75) is 13.8 Å². The molecule has 0 aliphatic heterocycles. The van der Waals surface area contributed by atoms with Gasteiger partial charge in [-0.15, -0.1) is 0 Å². The lowest BCUT2D eigenvalue weighted by molar-refractivity contribution is 1.38. The first-order valence-corrected chi connectivity index (χ1v) is 6.60. The molecule has 0 unspecified atom stereocenters. The second-order valence-electron chi connectivity index (χ2n) is 3.54. The second kappa shape index (κ2) is 6.28. The van der Waals surface area contributed by atoms with Gasteiger partial charge >= 0.3 is 0 Å². The highest BCUT2D eigenvalue weighted by molar-refractivity contribution is 8.23. The number of rotatable bonds is 3. The Hall–Kier alpha value is -0.510. The van der Waals surface area contributed by atoms with Crippen molar-refractivity contribution in [2.24, 2.45) is 0 Å². The monoisotopic (exact) mass is 271 g/mol. The molecule has 16 heavy (non-hydrogen) atoms. The standard InChI is InChI=1S/C12H14ClNS2/c1-8-4-5-11(9(2)6-8)14-12(15)16-7-10(3)13/h4-6H,3,7H2,1-2H3,(H,14,15). The fraction of sp³-hybridized carbons (Fsp3) is 0.250. The molecule has 0 heterocycles. The molecular formula is C12H14ClNS2. The minimum atomic E-state index is 0.606. The Morgan fingerprint density at radius 1 is 1.50 bits per heavy atom. The van der Waals surface area contributed by atoms with Gasteiger partial charge in [-0.05, 0) is 25.5 Å². The Balaban J connectivity index is 2.59. The lowest BCUT2D eigenvalue weighted by Crippen LogP contribution is -2.06. The lowest BCUT2D eigenvalue weighted by atomic mass is 10.1. The molecule has 0 aromatic heterocycles. The van der Waals surface area contributed by atoms with Gasteiger partial charge in [0.15, 0.2) is 0 Å². The zero-order valence-corrected chi connectivity index (χ0v) is 11.7. The Morgan fingerprint density at radius 3 is 2.75 bits per heavy atom. The summed E-state index contributed by atoms with van der Waals surface area (Å²) in [6.07, 6.45) is 0. The maximum atomic E-state index is 5.67. The van der Waals surface area contributed by atoms with E-state index >= 15 is 0 Å². The van der Waals surface area contributed by atoms with Crippen molar-refractivity contribution in [2.75, 3.05) is 11.1 Å². The predicted molar refractivity (Wildman–Crippen MR) is 79.6 cm³/mol. The molecule has 0 radical (unpaired) electrons. The summed E-state index contributed by atoms with van der Waals surface area (Å²) >= 11 is 12.4. The van der Waals surface area contributed by atoms with Crippen LogP contribution < -0.4 is 5.32 Å². The van der Waals surface area contributed by atoms with Gasteiger partial charge in [0.25, 0.3) is 0 Å². The van der Waals surface area contributed by atoms with E-state index in [2.05, 4.69) is 37.9 Å². The predicted octanol–water partition coefficient (Wildman–Crippen LogP) is 4.49. The number of anilines is 1. The summed E-state index contributed by atoms with van der Waals surface area (Å²) in [6, 6.07) is 6.21. The minimum absolute atomic E-state index is 0.606. The molecule has 0 aliphatic carbocycles. The highest BCUT2D eigenvalue weighted by atomic mass is 35.5. The van der Waals surface area contributed by atoms with Crippen molar-refractivity contribution in [3.63, 3.8) is 0 Å². The second-order valence-corrected chi connectivity index (χ2v) is 5.72. The number of thiocarbonyl (C=S) groups is 1. The molecule has 4 heteroatoms. The van der Waals surface area contributed by atoms with Crippen LogP contribution in [0.3, 0.4) is 0 Å². The van der Waals surface area contributed by atoms with Gasteiger partial charge in [0.05, 0.1) is 0 Å². The van der Waals surface area contributed by atoms with E-state index in [0.717, 1.165) is 5.69 Å². The molecule has 1 rings (SSSR count). The first-order valence-electron chi connectivity index (χ1n) is 4.83. The van der Waals surface area contributed by atoms with E-state index in [1.54, 1.807) is 0 Å². The first kappa shape index (κ1) is 13.6. The summed E-state index contributed by atoms with van der Waals surface area (Å²) < 4.78 is 0.716. The van der Waals surface area contributed by atoms with Crippen LogP contribution in [0.15, 0.2) is 29.8 Å². The van der Waals surface area contributed by atoms with Gasteiger partial charge in [0.2, 0.25) is 0 Å². The third-order valence-corrected chi connectivity index (χ3v) is 3.58. The van der Waals surface area contributed by atoms with Crippen LogP contribution in [-0.4, -0.2) is 10.1 Å². The number of hydrogen-bond donors (Lipinski definition) is 1. The summed E-state index contributed by atoms with van der Waals surface area (Å²) in [4.78, 5) is 0. The van der Waals surface area contributed by atoms with Gasteiger partial charge in [-0.1, -0.05) is 59.9 Å². The molecule has 0 atom stereocenters. The van der Waals surface area contributed by atoms with Crippen molar-refractivity contribution in [1.82, 2.24) is 0 Å². The maximum absolute atomic E-state index is 5.67. The van der Waals surface area contributed by atoms with Gasteiger partial charge in [0.1, 0.15) is 4.32 Å². The SMILES string of the molecule is C=C(Cl)CSC(=S)Nc1ccc(C)cc1C. The van der Waals surface area contributed by atoms with Crippen LogP contribution in [0.2, 0.25) is 0 Å². The van der Waals surface area contributed by atoms with Crippen LogP contribution in [-0.2, 0) is 0 Å². The van der Waals surface area contributed by atoms with E-state index in [4.69, 9.17) is 23.8 Å². The first-order chi connectivity index (χ1) is 7.49. The van der Waals surface area contributed by atoms with Crippen LogP contribution in [0.25, 0.3) is 0 Å². The Bertz CT molecular complexity index is 415. The molecule has 0 saturated heterocycles. The zero-order valence-electron chi connectivity index (χ0n) is 9.34. The van der Waals surface area contributed by atoms with Crippen molar-refractivity contribution < 1.29 is 0 Å². The largest absolute Gasteiger partial charge is 0.341 e. The molecular weight excluding hydrogens is 258 g/mol. The fourth-order valence-electron chi connectivity index (χ4n) is 1.24. The number of thioether (sulfide) groups is 1. The maximum Gasteiger partial charge on any atom is 0.138 e. The number of nitrogens with one attached hydrogen (secondary N) is 1. The van der Waals surface area contributed by atoms with Crippen LogP contribution in [0.1, 0.15) is 11.1 Å².